The van der Waals surface area contributed by atoms with Gasteiger partial charge in [0.1, 0.15) is 0 Å². The smallest absolute Gasteiger partial charge is 0.0951 e. The minimum atomic E-state index is 0.456. The number of benzene rings is 1. The number of nitrogens with one attached hydrogen (secondary N) is 1. The summed E-state index contributed by atoms with van der Waals surface area (Å²) in [6, 6.07) is 6.65. The van der Waals surface area contributed by atoms with Crippen molar-refractivity contribution in [1.29, 1.82) is 0 Å². The zero-order valence-corrected chi connectivity index (χ0v) is 13.2. The molecule has 0 spiro atoms. The third-order valence-electron chi connectivity index (χ3n) is 4.76. The second-order valence-corrected chi connectivity index (χ2v) is 7.44. The summed E-state index contributed by atoms with van der Waals surface area (Å²) in [6.07, 6.45) is 11.3. The van der Waals surface area contributed by atoms with Gasteiger partial charge < -0.3 is 9.88 Å². The van der Waals surface area contributed by atoms with Crippen molar-refractivity contribution in [3.63, 3.8) is 0 Å². The molecular weight excluding hydrogens is 278 g/mol. The van der Waals surface area contributed by atoms with Gasteiger partial charge in [-0.3, -0.25) is 0 Å². The van der Waals surface area contributed by atoms with Crippen molar-refractivity contribution in [3.8, 4) is 11.3 Å². The van der Waals surface area contributed by atoms with E-state index in [9.17, 15) is 0 Å². The number of thioether (sulfide) groups is 1. The van der Waals surface area contributed by atoms with Gasteiger partial charge in [0, 0.05) is 29.1 Å². The van der Waals surface area contributed by atoms with Crippen molar-refractivity contribution >= 4 is 17.4 Å². The van der Waals surface area contributed by atoms with E-state index >= 15 is 0 Å². The largest absolute Gasteiger partial charge is 0.384 e. The minimum absolute atomic E-state index is 0.456. The Morgan fingerprint density at radius 1 is 1.38 bits per heavy atom. The molecule has 1 aliphatic heterocycles. The van der Waals surface area contributed by atoms with Crippen molar-refractivity contribution in [1.82, 2.24) is 9.55 Å². The van der Waals surface area contributed by atoms with Crippen LogP contribution in [-0.4, -0.2) is 27.1 Å². The van der Waals surface area contributed by atoms with E-state index < -0.39 is 0 Å². The third-order valence-corrected chi connectivity index (χ3v) is 6.17. The Hall–Kier alpha value is -1.42. The maximum absolute atomic E-state index is 4.42. The van der Waals surface area contributed by atoms with E-state index in [1.54, 1.807) is 0 Å². The van der Waals surface area contributed by atoms with Crippen molar-refractivity contribution in [2.24, 2.45) is 0 Å². The monoisotopic (exact) mass is 299 g/mol. The molecular formula is C17H21N3S. The van der Waals surface area contributed by atoms with Gasteiger partial charge in [0.2, 0.25) is 0 Å². The van der Waals surface area contributed by atoms with Gasteiger partial charge in [-0.2, -0.15) is 11.8 Å². The SMILES string of the molecule is CSC1(Cn2cncc2-c2cccc3c2NCCC3)CC1. The summed E-state index contributed by atoms with van der Waals surface area (Å²) in [5.74, 6) is 0. The van der Waals surface area contributed by atoms with Gasteiger partial charge in [-0.15, -0.1) is 0 Å². The zero-order valence-electron chi connectivity index (χ0n) is 12.4. The number of hydrogen-bond donors (Lipinski definition) is 1. The molecule has 0 unspecified atom stereocenters. The molecule has 1 aliphatic carbocycles. The second-order valence-electron chi connectivity index (χ2n) is 6.16. The Bertz CT molecular complexity index is 658. The van der Waals surface area contributed by atoms with Crippen LogP contribution in [0.3, 0.4) is 0 Å². The number of nitrogens with zero attached hydrogens (tertiary/aromatic N) is 2. The van der Waals surface area contributed by atoms with Crippen molar-refractivity contribution in [3.05, 3.63) is 36.3 Å². The van der Waals surface area contributed by atoms with Gasteiger partial charge in [-0.05, 0) is 37.5 Å². The Kier molecular flexibility index (Phi) is 3.21. The van der Waals surface area contributed by atoms with Gasteiger partial charge in [0.15, 0.2) is 0 Å². The molecule has 110 valence electrons. The molecule has 0 bridgehead atoms. The molecule has 0 amide bonds. The van der Waals surface area contributed by atoms with Gasteiger partial charge >= 0.3 is 0 Å². The molecule has 1 fully saturated rings. The summed E-state index contributed by atoms with van der Waals surface area (Å²) in [5, 5.41) is 3.59. The Labute approximate surface area is 130 Å². The van der Waals surface area contributed by atoms with Crippen LogP contribution in [0.1, 0.15) is 24.8 Å². The van der Waals surface area contributed by atoms with Crippen molar-refractivity contribution in [2.75, 3.05) is 18.1 Å². The highest BCUT2D eigenvalue weighted by Crippen LogP contribution is 2.49. The van der Waals surface area contributed by atoms with Crippen molar-refractivity contribution in [2.45, 2.75) is 37.0 Å². The summed E-state index contributed by atoms with van der Waals surface area (Å²) in [6.45, 7) is 2.15. The Balaban J connectivity index is 1.73. The molecule has 1 N–H and O–H groups in total. The van der Waals surface area contributed by atoms with Crippen LogP contribution in [0.25, 0.3) is 11.3 Å². The van der Waals surface area contributed by atoms with Crippen LogP contribution in [0.2, 0.25) is 0 Å². The molecule has 2 aromatic rings. The number of anilines is 1. The molecule has 1 saturated carbocycles. The number of para-hydroxylation sites is 1. The lowest BCUT2D eigenvalue weighted by molar-refractivity contribution is 0.666. The van der Waals surface area contributed by atoms with Crippen LogP contribution in [0.5, 0.6) is 0 Å². The molecule has 4 rings (SSSR count). The topological polar surface area (TPSA) is 29.9 Å². The van der Waals surface area contributed by atoms with E-state index in [4.69, 9.17) is 0 Å². The van der Waals surface area contributed by atoms with Crippen LogP contribution < -0.4 is 5.32 Å². The van der Waals surface area contributed by atoms with E-state index in [1.807, 2.05) is 24.3 Å². The van der Waals surface area contributed by atoms with Gasteiger partial charge in [-0.25, -0.2) is 4.98 Å². The molecule has 0 saturated heterocycles. The first-order valence-corrected chi connectivity index (χ1v) is 8.95. The number of rotatable bonds is 4. The quantitative estimate of drug-likeness (QED) is 0.931. The Morgan fingerprint density at radius 3 is 3.10 bits per heavy atom. The maximum Gasteiger partial charge on any atom is 0.0951 e. The molecule has 4 heteroatoms. The molecule has 2 heterocycles. The van der Waals surface area contributed by atoms with Crippen LogP contribution in [-0.2, 0) is 13.0 Å². The predicted molar refractivity (Wildman–Crippen MR) is 90.0 cm³/mol. The highest BCUT2D eigenvalue weighted by Gasteiger charge is 2.42. The van der Waals surface area contributed by atoms with E-state index in [2.05, 4.69) is 39.3 Å². The summed E-state index contributed by atoms with van der Waals surface area (Å²) in [7, 11) is 0. The lowest BCUT2D eigenvalue weighted by Gasteiger charge is -2.22. The molecule has 1 aromatic carbocycles. The first-order valence-electron chi connectivity index (χ1n) is 7.73. The summed E-state index contributed by atoms with van der Waals surface area (Å²) in [5.41, 5.74) is 5.32. The highest BCUT2D eigenvalue weighted by atomic mass is 32.2. The highest BCUT2D eigenvalue weighted by molar-refractivity contribution is 8.00. The van der Waals surface area contributed by atoms with Crippen LogP contribution in [0.4, 0.5) is 5.69 Å². The predicted octanol–water partition coefficient (Wildman–Crippen LogP) is 3.80. The fourth-order valence-electron chi connectivity index (χ4n) is 3.27. The first kappa shape index (κ1) is 13.3. The van der Waals surface area contributed by atoms with E-state index in [0.717, 1.165) is 13.1 Å². The van der Waals surface area contributed by atoms with Crippen molar-refractivity contribution < 1.29 is 0 Å². The van der Waals surface area contributed by atoms with Crippen LogP contribution in [0.15, 0.2) is 30.7 Å². The van der Waals surface area contributed by atoms with Crippen LogP contribution >= 0.6 is 11.8 Å². The lowest BCUT2D eigenvalue weighted by atomic mass is 9.98. The molecule has 0 atom stereocenters. The molecule has 2 aliphatic rings. The maximum atomic E-state index is 4.42. The van der Waals surface area contributed by atoms with E-state index in [1.165, 1.54) is 48.2 Å². The Morgan fingerprint density at radius 2 is 2.29 bits per heavy atom. The summed E-state index contributed by atoms with van der Waals surface area (Å²) in [4.78, 5) is 4.42. The number of hydrogen-bond acceptors (Lipinski definition) is 3. The fraction of sp³-hybridized carbons (Fsp3) is 0.471. The number of imidazole rings is 1. The summed E-state index contributed by atoms with van der Waals surface area (Å²) < 4.78 is 2.80. The number of fused-ring (bicyclic) bond motifs is 1. The normalized spacial score (nSPS) is 18.9. The van der Waals surface area contributed by atoms with Gasteiger partial charge in [0.25, 0.3) is 0 Å². The molecule has 3 nitrogen and oxygen atoms in total. The fourth-order valence-corrected chi connectivity index (χ4v) is 4.05. The average Bonchev–Trinajstić information content (AvgIpc) is 3.16. The zero-order chi connectivity index (χ0) is 14.3. The average molecular weight is 299 g/mol. The third kappa shape index (κ3) is 2.35. The number of aryl methyl sites for hydroxylation is 1. The van der Waals surface area contributed by atoms with Gasteiger partial charge in [0.05, 0.1) is 18.2 Å². The molecule has 0 radical (unpaired) electrons. The molecule has 21 heavy (non-hydrogen) atoms. The summed E-state index contributed by atoms with van der Waals surface area (Å²) >= 11 is 2.00. The standard InChI is InChI=1S/C17H21N3S/c1-21-17(7-8-17)11-20-12-18-10-15(20)14-6-2-4-13-5-3-9-19-16(13)14/h2,4,6,10,12,19H,3,5,7-9,11H2,1H3. The van der Waals surface area contributed by atoms with E-state index in [0.29, 0.717) is 4.75 Å². The van der Waals surface area contributed by atoms with Crippen LogP contribution in [0, 0.1) is 0 Å². The first-order chi connectivity index (χ1) is 10.3. The second kappa shape index (κ2) is 5.09. The number of aromatic nitrogens is 2. The lowest BCUT2D eigenvalue weighted by Crippen LogP contribution is -2.16. The minimum Gasteiger partial charge on any atom is -0.384 e. The van der Waals surface area contributed by atoms with E-state index in [-0.39, 0.29) is 0 Å². The molecule has 1 aromatic heterocycles. The van der Waals surface area contributed by atoms with Gasteiger partial charge in [-0.1, -0.05) is 18.2 Å².